The number of nitrogens with one attached hydrogen (secondary N) is 2. The molecule has 3 aromatic rings. The molecule has 0 radical (unpaired) electrons. The lowest BCUT2D eigenvalue weighted by Crippen LogP contribution is -2.46. The van der Waals surface area contributed by atoms with E-state index in [0.29, 0.717) is 5.76 Å². The zero-order chi connectivity index (χ0) is 19.3. The predicted octanol–water partition coefficient (Wildman–Crippen LogP) is 3.44. The first-order chi connectivity index (χ1) is 13.7. The molecule has 28 heavy (non-hydrogen) atoms. The van der Waals surface area contributed by atoms with Crippen LogP contribution in [-0.4, -0.2) is 34.9 Å². The highest BCUT2D eigenvalue weighted by Gasteiger charge is 2.28. The van der Waals surface area contributed by atoms with E-state index < -0.39 is 6.03 Å². The van der Waals surface area contributed by atoms with Crippen LogP contribution < -0.4 is 10.6 Å². The van der Waals surface area contributed by atoms with Gasteiger partial charge in [0.1, 0.15) is 10.8 Å². The molecular formula is C20H22N4O3S. The third-order valence-corrected chi connectivity index (χ3v) is 5.95. The molecule has 4 rings (SSSR count). The van der Waals surface area contributed by atoms with Crippen molar-refractivity contribution in [3.05, 3.63) is 53.4 Å². The molecule has 0 unspecified atom stereocenters. The second-order valence-corrected chi connectivity index (χ2v) is 7.87. The van der Waals surface area contributed by atoms with E-state index in [2.05, 4.69) is 21.6 Å². The minimum absolute atomic E-state index is 0.114. The molecule has 1 fully saturated rings. The fourth-order valence-corrected chi connectivity index (χ4v) is 4.60. The van der Waals surface area contributed by atoms with Crippen LogP contribution in [0.25, 0.3) is 10.2 Å². The molecule has 0 saturated carbocycles. The van der Waals surface area contributed by atoms with Crippen molar-refractivity contribution in [3.63, 3.8) is 0 Å². The van der Waals surface area contributed by atoms with Gasteiger partial charge in [-0.05, 0) is 43.7 Å². The molecule has 2 aromatic heterocycles. The molecule has 3 heterocycles. The second kappa shape index (κ2) is 8.53. The molecule has 2 N–H and O–H groups in total. The third kappa shape index (κ3) is 4.40. The van der Waals surface area contributed by atoms with Gasteiger partial charge in [0.05, 0.1) is 35.6 Å². The summed E-state index contributed by atoms with van der Waals surface area (Å²) in [5.41, 5.74) is 0.995. The van der Waals surface area contributed by atoms with Gasteiger partial charge in [-0.3, -0.25) is 15.0 Å². The van der Waals surface area contributed by atoms with Crippen LogP contribution >= 0.6 is 11.3 Å². The van der Waals surface area contributed by atoms with Crippen molar-refractivity contribution >= 4 is 33.5 Å². The van der Waals surface area contributed by atoms with Crippen molar-refractivity contribution in [3.8, 4) is 0 Å². The Morgan fingerprint density at radius 3 is 2.93 bits per heavy atom. The zero-order valence-electron chi connectivity index (χ0n) is 15.4. The maximum Gasteiger partial charge on any atom is 0.321 e. The van der Waals surface area contributed by atoms with Crippen LogP contribution in [0.3, 0.4) is 0 Å². The summed E-state index contributed by atoms with van der Waals surface area (Å²) in [6.45, 7) is 1.24. The van der Waals surface area contributed by atoms with Crippen LogP contribution in [0.1, 0.15) is 36.1 Å². The Bertz CT molecular complexity index is 920. The van der Waals surface area contributed by atoms with Crippen LogP contribution in [-0.2, 0) is 11.3 Å². The van der Waals surface area contributed by atoms with Gasteiger partial charge in [0, 0.05) is 0 Å². The fraction of sp³-hybridized carbons (Fsp3) is 0.350. The van der Waals surface area contributed by atoms with Crippen molar-refractivity contribution < 1.29 is 14.0 Å². The number of imide groups is 1. The summed E-state index contributed by atoms with van der Waals surface area (Å²) in [5.74, 6) is 0.319. The van der Waals surface area contributed by atoms with Gasteiger partial charge in [0.2, 0.25) is 5.91 Å². The van der Waals surface area contributed by atoms with Crippen molar-refractivity contribution in [2.75, 3.05) is 13.1 Å². The molecule has 1 aromatic carbocycles. The van der Waals surface area contributed by atoms with Gasteiger partial charge in [-0.15, -0.1) is 11.3 Å². The number of likely N-dealkylation sites (tertiary alicyclic amines) is 1. The van der Waals surface area contributed by atoms with E-state index in [1.807, 2.05) is 18.2 Å². The lowest BCUT2D eigenvalue weighted by Gasteiger charge is -2.33. The number of carbonyl (C=O) groups excluding carboxylic acids is 2. The smallest absolute Gasteiger partial charge is 0.321 e. The topological polar surface area (TPSA) is 87.5 Å². The van der Waals surface area contributed by atoms with Gasteiger partial charge in [-0.25, -0.2) is 9.78 Å². The van der Waals surface area contributed by atoms with Gasteiger partial charge in [-0.2, -0.15) is 0 Å². The SMILES string of the molecule is O=C(CN1CCCC[C@H]1c1nc2ccccc2s1)NC(=O)NCc1ccco1. The van der Waals surface area contributed by atoms with Crippen LogP contribution in [0.5, 0.6) is 0 Å². The molecule has 1 aliphatic rings. The highest BCUT2D eigenvalue weighted by molar-refractivity contribution is 7.18. The van der Waals surface area contributed by atoms with Gasteiger partial charge in [-0.1, -0.05) is 18.6 Å². The third-order valence-electron chi connectivity index (χ3n) is 4.81. The predicted molar refractivity (Wildman–Crippen MR) is 107 cm³/mol. The number of benzene rings is 1. The number of para-hydroxylation sites is 1. The largest absolute Gasteiger partial charge is 0.467 e. The quantitative estimate of drug-likeness (QED) is 0.687. The minimum Gasteiger partial charge on any atom is -0.467 e. The van der Waals surface area contributed by atoms with Crippen molar-refractivity contribution in [2.24, 2.45) is 0 Å². The number of aromatic nitrogens is 1. The maximum absolute atomic E-state index is 12.4. The Labute approximate surface area is 166 Å². The molecule has 3 amide bonds. The summed E-state index contributed by atoms with van der Waals surface area (Å²) in [6, 6.07) is 11.2. The monoisotopic (exact) mass is 398 g/mol. The van der Waals surface area contributed by atoms with E-state index >= 15 is 0 Å². The van der Waals surface area contributed by atoms with Crippen LogP contribution in [0.4, 0.5) is 4.79 Å². The molecule has 7 nitrogen and oxygen atoms in total. The molecule has 146 valence electrons. The molecule has 8 heteroatoms. The first-order valence-corrected chi connectivity index (χ1v) is 10.2. The van der Waals surface area contributed by atoms with E-state index in [9.17, 15) is 9.59 Å². The summed E-state index contributed by atoms with van der Waals surface area (Å²) in [4.78, 5) is 31.2. The number of hydrogen-bond acceptors (Lipinski definition) is 6. The van der Waals surface area contributed by atoms with E-state index in [0.717, 1.165) is 41.0 Å². The summed E-state index contributed by atoms with van der Waals surface area (Å²) in [6.07, 6.45) is 4.66. The Morgan fingerprint density at radius 2 is 2.11 bits per heavy atom. The second-order valence-electron chi connectivity index (χ2n) is 6.81. The lowest BCUT2D eigenvalue weighted by atomic mass is 10.0. The number of furan rings is 1. The van der Waals surface area contributed by atoms with Crippen LogP contribution in [0.2, 0.25) is 0 Å². The van der Waals surface area contributed by atoms with Crippen molar-refractivity contribution in [2.45, 2.75) is 31.8 Å². The Balaban J connectivity index is 1.36. The molecule has 1 atom stereocenters. The number of urea groups is 1. The summed E-state index contributed by atoms with van der Waals surface area (Å²) in [5, 5.41) is 6.06. The minimum atomic E-state index is -0.519. The number of piperidine rings is 1. The zero-order valence-corrected chi connectivity index (χ0v) is 16.2. The van der Waals surface area contributed by atoms with Crippen molar-refractivity contribution in [1.82, 2.24) is 20.5 Å². The summed E-state index contributed by atoms with van der Waals surface area (Å²) in [7, 11) is 0. The Hall–Kier alpha value is -2.71. The normalized spacial score (nSPS) is 17.5. The average molecular weight is 398 g/mol. The highest BCUT2D eigenvalue weighted by Crippen LogP contribution is 2.35. The summed E-state index contributed by atoms with van der Waals surface area (Å²) >= 11 is 1.68. The summed E-state index contributed by atoms with van der Waals surface area (Å²) < 4.78 is 6.31. The first-order valence-electron chi connectivity index (χ1n) is 9.38. The Morgan fingerprint density at radius 1 is 1.21 bits per heavy atom. The lowest BCUT2D eigenvalue weighted by molar-refractivity contribution is -0.122. The highest BCUT2D eigenvalue weighted by atomic mass is 32.1. The number of rotatable bonds is 5. The number of nitrogens with zero attached hydrogens (tertiary/aromatic N) is 2. The molecule has 0 bridgehead atoms. The molecule has 0 spiro atoms. The van der Waals surface area contributed by atoms with Gasteiger partial charge < -0.3 is 9.73 Å². The van der Waals surface area contributed by atoms with E-state index in [1.165, 1.54) is 0 Å². The van der Waals surface area contributed by atoms with E-state index in [1.54, 1.807) is 29.7 Å². The van der Waals surface area contributed by atoms with Gasteiger partial charge >= 0.3 is 6.03 Å². The first kappa shape index (κ1) is 18.6. The van der Waals surface area contributed by atoms with E-state index in [4.69, 9.17) is 9.40 Å². The molecule has 1 aliphatic heterocycles. The fourth-order valence-electron chi connectivity index (χ4n) is 3.47. The van der Waals surface area contributed by atoms with Gasteiger partial charge in [0.15, 0.2) is 0 Å². The number of thiazole rings is 1. The van der Waals surface area contributed by atoms with Crippen LogP contribution in [0.15, 0.2) is 47.1 Å². The van der Waals surface area contributed by atoms with Crippen LogP contribution in [0, 0.1) is 0 Å². The number of carbonyl (C=O) groups is 2. The Kier molecular flexibility index (Phi) is 5.68. The molecular weight excluding hydrogens is 376 g/mol. The van der Waals surface area contributed by atoms with Gasteiger partial charge in [0.25, 0.3) is 0 Å². The molecule has 1 saturated heterocycles. The maximum atomic E-state index is 12.4. The standard InChI is InChI=1S/C20H22N4O3S/c25-18(23-20(26)21-12-14-6-5-11-27-14)13-24-10-4-3-8-16(24)19-22-15-7-1-2-9-17(15)28-19/h1-2,5-7,9,11,16H,3-4,8,10,12-13H2,(H2,21,23,25,26)/t16-/m0/s1. The molecule has 0 aliphatic carbocycles. The average Bonchev–Trinajstić information content (AvgIpc) is 3.36. The number of fused-ring (bicyclic) bond motifs is 1. The van der Waals surface area contributed by atoms with Crippen molar-refractivity contribution in [1.29, 1.82) is 0 Å². The number of amides is 3. The number of hydrogen-bond donors (Lipinski definition) is 2. The van der Waals surface area contributed by atoms with E-state index in [-0.39, 0.29) is 25.0 Å².